The molecule has 0 spiro atoms. The average Bonchev–Trinajstić information content (AvgIpc) is 3.39. The van der Waals surface area contributed by atoms with E-state index in [2.05, 4.69) is 23.8 Å². The van der Waals surface area contributed by atoms with Gasteiger partial charge in [0.25, 0.3) is 7.47 Å². The third kappa shape index (κ3) is 5.93. The third-order valence-corrected chi connectivity index (χ3v) is 8.44. The zero-order valence-electron chi connectivity index (χ0n) is 19.1. The summed E-state index contributed by atoms with van der Waals surface area (Å²) in [4.78, 5) is 21.8. The SMILES string of the molecule is [B][P@](=O)(OC[C@H]1O[C@@H](n2cnc3c(N)ncnc32)C(O)[C@H]1O)OP(=O)(O)O[C@@H]1OC(CO)[C@@H](O)[C@H](O)C1O. The first kappa shape index (κ1) is 29.4. The maximum atomic E-state index is 12.5. The monoisotopic (exact) mass is 583 g/mol. The Balaban J connectivity index is 1.38. The minimum Gasteiger partial charge on any atom is -0.394 e. The van der Waals surface area contributed by atoms with E-state index in [9.17, 15) is 44.7 Å². The molecule has 2 aromatic heterocycles. The molecule has 0 aromatic carbocycles. The van der Waals surface area contributed by atoms with Gasteiger partial charge in [-0.1, -0.05) is 0 Å². The molecule has 9 N–H and O–H groups in total. The fraction of sp³-hybridized carbons (Fsp3) is 0.688. The molecular formula is C16H24BN5O14P2. The lowest BCUT2D eigenvalue weighted by Gasteiger charge is -2.39. The number of phosphoric ester groups is 1. The van der Waals surface area contributed by atoms with E-state index in [-0.39, 0.29) is 17.0 Å². The molecular weight excluding hydrogens is 559 g/mol. The van der Waals surface area contributed by atoms with Gasteiger partial charge < -0.3 is 55.3 Å². The Labute approximate surface area is 214 Å². The second kappa shape index (κ2) is 11.1. The number of phosphoric acid groups is 1. The Morgan fingerprint density at radius 1 is 1.00 bits per heavy atom. The highest BCUT2D eigenvalue weighted by Crippen LogP contribution is 2.61. The fourth-order valence-corrected chi connectivity index (χ4v) is 6.09. The van der Waals surface area contributed by atoms with E-state index in [0.29, 0.717) is 0 Å². The number of imidazole rings is 1. The largest absolute Gasteiger partial charge is 0.481 e. The Morgan fingerprint density at radius 3 is 2.37 bits per heavy atom. The molecule has 4 heterocycles. The van der Waals surface area contributed by atoms with Gasteiger partial charge in [0.15, 0.2) is 24.0 Å². The second-order valence-electron chi connectivity index (χ2n) is 8.32. The molecule has 2 radical (unpaired) electrons. The number of nitrogens with two attached hydrogens (primary N) is 1. The Kier molecular flexibility index (Phi) is 8.59. The molecule has 38 heavy (non-hydrogen) atoms. The molecule has 2 aliphatic rings. The molecule has 0 bridgehead atoms. The number of fused-ring (bicyclic) bond motifs is 1. The van der Waals surface area contributed by atoms with Crippen LogP contribution in [0, 0.1) is 0 Å². The van der Waals surface area contributed by atoms with Crippen molar-refractivity contribution >= 4 is 39.8 Å². The van der Waals surface area contributed by atoms with Crippen molar-refractivity contribution in [1.29, 1.82) is 0 Å². The van der Waals surface area contributed by atoms with Gasteiger partial charge in [0.2, 0.25) is 7.57 Å². The van der Waals surface area contributed by atoms with Crippen molar-refractivity contribution in [2.24, 2.45) is 0 Å². The fourth-order valence-electron chi connectivity index (χ4n) is 3.80. The van der Waals surface area contributed by atoms with E-state index in [1.165, 1.54) is 10.9 Å². The van der Waals surface area contributed by atoms with Gasteiger partial charge in [0.1, 0.15) is 54.6 Å². The summed E-state index contributed by atoms with van der Waals surface area (Å²) < 4.78 is 50.3. The van der Waals surface area contributed by atoms with Gasteiger partial charge in [-0.15, -0.1) is 0 Å². The first-order valence-electron chi connectivity index (χ1n) is 10.8. The molecule has 19 nitrogen and oxygen atoms in total. The van der Waals surface area contributed by atoms with E-state index in [1.807, 2.05) is 0 Å². The first-order chi connectivity index (χ1) is 17.7. The van der Waals surface area contributed by atoms with Crippen LogP contribution in [0.25, 0.3) is 11.2 Å². The molecule has 210 valence electrons. The molecule has 11 atom stereocenters. The van der Waals surface area contributed by atoms with Crippen LogP contribution in [0.1, 0.15) is 6.23 Å². The van der Waals surface area contributed by atoms with Crippen LogP contribution in [0.3, 0.4) is 0 Å². The topological polar surface area (TPSA) is 292 Å². The predicted molar refractivity (Wildman–Crippen MR) is 121 cm³/mol. The predicted octanol–water partition coefficient (Wildman–Crippen LogP) is -3.75. The molecule has 4 rings (SSSR count). The van der Waals surface area contributed by atoms with Gasteiger partial charge in [-0.05, 0) is 0 Å². The van der Waals surface area contributed by atoms with Crippen LogP contribution in [-0.2, 0) is 32.0 Å². The van der Waals surface area contributed by atoms with E-state index < -0.39 is 83.8 Å². The number of nitrogen functional groups attached to an aromatic ring is 1. The van der Waals surface area contributed by atoms with Crippen LogP contribution in [0.15, 0.2) is 12.7 Å². The lowest BCUT2D eigenvalue weighted by atomic mass is 10.00. The number of hydrogen-bond donors (Lipinski definition) is 8. The molecule has 0 amide bonds. The lowest BCUT2D eigenvalue weighted by molar-refractivity contribution is -0.280. The van der Waals surface area contributed by atoms with Crippen molar-refractivity contribution in [1.82, 2.24) is 19.5 Å². The van der Waals surface area contributed by atoms with Crippen LogP contribution >= 0.6 is 15.3 Å². The number of aliphatic hydroxyl groups excluding tert-OH is 6. The number of anilines is 1. The summed E-state index contributed by atoms with van der Waals surface area (Å²) in [7, 11) is -5.04. The van der Waals surface area contributed by atoms with E-state index >= 15 is 0 Å². The molecule has 22 heteroatoms. The molecule has 2 aliphatic heterocycles. The summed E-state index contributed by atoms with van der Waals surface area (Å²) in [6, 6.07) is 0. The van der Waals surface area contributed by atoms with Gasteiger partial charge >= 0.3 is 7.82 Å². The summed E-state index contributed by atoms with van der Waals surface area (Å²) >= 11 is 0. The number of ether oxygens (including phenoxy) is 2. The van der Waals surface area contributed by atoms with Crippen LogP contribution < -0.4 is 5.73 Å². The second-order valence-corrected chi connectivity index (χ2v) is 11.5. The quantitative estimate of drug-likeness (QED) is 0.104. The first-order valence-corrected chi connectivity index (χ1v) is 13.9. The average molecular weight is 583 g/mol. The van der Waals surface area contributed by atoms with Crippen molar-refractivity contribution in [2.45, 2.75) is 55.2 Å². The molecule has 2 fully saturated rings. The smallest absolute Gasteiger partial charge is 0.394 e. The van der Waals surface area contributed by atoms with Crippen LogP contribution in [0.5, 0.6) is 0 Å². The van der Waals surface area contributed by atoms with Gasteiger partial charge in [-0.25, -0.2) is 23.8 Å². The molecule has 0 aliphatic carbocycles. The number of nitrogens with zero attached hydrogens (tertiary/aromatic N) is 4. The highest BCUT2D eigenvalue weighted by atomic mass is 31.3. The zero-order chi connectivity index (χ0) is 28.0. The summed E-state index contributed by atoms with van der Waals surface area (Å²) in [6.07, 6.45) is -12.8. The van der Waals surface area contributed by atoms with E-state index in [4.69, 9.17) is 27.3 Å². The highest BCUT2D eigenvalue weighted by molar-refractivity contribution is 7.83. The van der Waals surface area contributed by atoms with Crippen LogP contribution in [0.2, 0.25) is 0 Å². The van der Waals surface area contributed by atoms with Crippen molar-refractivity contribution < 1.29 is 67.5 Å². The maximum absolute atomic E-state index is 12.5. The molecule has 0 saturated carbocycles. The Morgan fingerprint density at radius 2 is 1.68 bits per heavy atom. The molecule has 4 unspecified atom stereocenters. The minimum absolute atomic E-state index is 0.0576. The summed E-state index contributed by atoms with van der Waals surface area (Å²) in [5.74, 6) is 0.0576. The van der Waals surface area contributed by atoms with E-state index in [0.717, 1.165) is 6.33 Å². The minimum atomic E-state index is -5.44. The van der Waals surface area contributed by atoms with Crippen molar-refractivity contribution in [3.8, 4) is 0 Å². The number of aliphatic hydroxyl groups is 6. The van der Waals surface area contributed by atoms with Gasteiger partial charge in [0, 0.05) is 0 Å². The lowest BCUT2D eigenvalue weighted by Crippen LogP contribution is -2.58. The van der Waals surface area contributed by atoms with Gasteiger partial charge in [-0.3, -0.25) is 13.7 Å². The Hall–Kier alpha value is -1.61. The van der Waals surface area contributed by atoms with Crippen molar-refractivity contribution in [2.75, 3.05) is 18.9 Å². The summed E-state index contributed by atoms with van der Waals surface area (Å²) in [5, 5.41) is 59.4. The Bertz CT molecular complexity index is 1240. The van der Waals surface area contributed by atoms with Crippen LogP contribution in [-0.4, -0.2) is 125 Å². The zero-order valence-corrected chi connectivity index (χ0v) is 20.9. The van der Waals surface area contributed by atoms with Crippen LogP contribution in [0.4, 0.5) is 5.82 Å². The van der Waals surface area contributed by atoms with Gasteiger partial charge in [-0.2, -0.15) is 0 Å². The highest BCUT2D eigenvalue weighted by Gasteiger charge is 2.49. The normalized spacial score (nSPS) is 37.2. The van der Waals surface area contributed by atoms with Gasteiger partial charge in [0.05, 0.1) is 19.5 Å². The third-order valence-electron chi connectivity index (χ3n) is 5.72. The van der Waals surface area contributed by atoms with E-state index in [1.54, 1.807) is 0 Å². The number of aromatic nitrogens is 4. The van der Waals surface area contributed by atoms with Crippen molar-refractivity contribution in [3.05, 3.63) is 12.7 Å². The maximum Gasteiger partial charge on any atom is 0.481 e. The summed E-state index contributed by atoms with van der Waals surface area (Å²) in [6.45, 7) is -1.67. The number of hydrogen-bond acceptors (Lipinski definition) is 17. The standard InChI is InChI=1S/C16H24BN5O14P2/c17-37(29,36-38(30,31)35-16-12(28)10(26)8(24)5(1-23)34-16)32-2-6-9(25)11(27)15(33-6)22-4-21-7-13(18)19-3-20-14(7)22/h3-6,8-12,15-16,23-28H,1-2H2,(H,30,31)(H2,18,19,20)/t5?,6-,8-,9+,10+,11?,12?,15-,16+,37+/m1/s1. The molecule has 2 saturated heterocycles. The molecule has 2 aromatic rings. The number of rotatable bonds is 9. The summed E-state index contributed by atoms with van der Waals surface area (Å²) in [5.41, 5.74) is 6.11. The van der Waals surface area contributed by atoms with Crippen molar-refractivity contribution in [3.63, 3.8) is 0 Å².